The number of para-hydroxylation sites is 1. The monoisotopic (exact) mass is 251 g/mol. The fourth-order valence-corrected chi connectivity index (χ4v) is 1.86. The summed E-state index contributed by atoms with van der Waals surface area (Å²) in [5.74, 6) is 0.623. The zero-order chi connectivity index (χ0) is 12.9. The molecule has 2 heterocycles. The smallest absolute Gasteiger partial charge is 0.222 e. The van der Waals surface area contributed by atoms with Gasteiger partial charge in [0, 0.05) is 31.3 Å². The third-order valence-corrected chi connectivity index (χ3v) is 2.75. The van der Waals surface area contributed by atoms with Crippen molar-refractivity contribution in [2.45, 2.75) is 6.54 Å². The molecule has 94 valence electrons. The molecule has 19 heavy (non-hydrogen) atoms. The number of nitrogens with zero attached hydrogens (tertiary/aromatic N) is 4. The summed E-state index contributed by atoms with van der Waals surface area (Å²) < 4.78 is 1.85. The van der Waals surface area contributed by atoms with Crippen molar-refractivity contribution in [1.82, 2.24) is 19.7 Å². The van der Waals surface area contributed by atoms with Gasteiger partial charge in [-0.15, -0.1) is 0 Å². The van der Waals surface area contributed by atoms with Gasteiger partial charge in [0.25, 0.3) is 0 Å². The number of hydrogen-bond acceptors (Lipinski definition) is 4. The van der Waals surface area contributed by atoms with Gasteiger partial charge >= 0.3 is 0 Å². The number of nitrogens with one attached hydrogen (secondary N) is 1. The van der Waals surface area contributed by atoms with Crippen LogP contribution in [-0.4, -0.2) is 19.7 Å². The van der Waals surface area contributed by atoms with Gasteiger partial charge in [-0.3, -0.25) is 0 Å². The van der Waals surface area contributed by atoms with E-state index in [9.17, 15) is 0 Å². The van der Waals surface area contributed by atoms with Crippen LogP contribution in [0, 0.1) is 0 Å². The van der Waals surface area contributed by atoms with Crippen molar-refractivity contribution in [3.05, 3.63) is 66.7 Å². The highest BCUT2D eigenvalue weighted by atomic mass is 15.3. The van der Waals surface area contributed by atoms with E-state index in [-0.39, 0.29) is 0 Å². The largest absolute Gasteiger partial charge is 0.350 e. The maximum atomic E-state index is 4.26. The van der Waals surface area contributed by atoms with Crippen molar-refractivity contribution in [3.8, 4) is 5.69 Å². The minimum atomic E-state index is 0.623. The van der Waals surface area contributed by atoms with E-state index in [1.54, 1.807) is 24.7 Å². The van der Waals surface area contributed by atoms with E-state index in [1.807, 2.05) is 35.1 Å². The van der Waals surface area contributed by atoms with Crippen molar-refractivity contribution in [3.63, 3.8) is 0 Å². The second kappa shape index (κ2) is 5.30. The zero-order valence-corrected chi connectivity index (χ0v) is 10.3. The van der Waals surface area contributed by atoms with Gasteiger partial charge in [0.15, 0.2) is 0 Å². The van der Waals surface area contributed by atoms with E-state index < -0.39 is 0 Å². The summed E-state index contributed by atoms with van der Waals surface area (Å²) in [7, 11) is 0. The van der Waals surface area contributed by atoms with Gasteiger partial charge in [0.1, 0.15) is 0 Å². The van der Waals surface area contributed by atoms with E-state index in [1.165, 1.54) is 0 Å². The first kappa shape index (κ1) is 11.4. The number of rotatable bonds is 4. The summed E-state index contributed by atoms with van der Waals surface area (Å²) in [4.78, 5) is 8.28. The lowest BCUT2D eigenvalue weighted by Gasteiger charge is -2.10. The Kier molecular flexibility index (Phi) is 3.18. The molecule has 0 saturated carbocycles. The van der Waals surface area contributed by atoms with Crippen molar-refractivity contribution >= 4 is 5.95 Å². The quantitative estimate of drug-likeness (QED) is 0.773. The molecule has 5 nitrogen and oxygen atoms in total. The summed E-state index contributed by atoms with van der Waals surface area (Å²) in [5, 5.41) is 7.46. The maximum Gasteiger partial charge on any atom is 0.222 e. The Morgan fingerprint density at radius 3 is 2.58 bits per heavy atom. The Morgan fingerprint density at radius 1 is 0.947 bits per heavy atom. The summed E-state index contributed by atoms with van der Waals surface area (Å²) >= 11 is 0. The zero-order valence-electron chi connectivity index (χ0n) is 10.3. The van der Waals surface area contributed by atoms with Crippen molar-refractivity contribution in [1.29, 1.82) is 0 Å². The standard InChI is InChI=1S/C14H13N5/c1-2-6-13(19-10-4-9-18-19)12(5-1)11-17-14-15-7-3-8-16-14/h1-10H,11H2,(H,15,16,17). The maximum absolute atomic E-state index is 4.26. The van der Waals surface area contributed by atoms with Gasteiger partial charge in [-0.05, 0) is 23.8 Å². The molecule has 0 bridgehead atoms. The molecular weight excluding hydrogens is 238 g/mol. The molecule has 0 aliphatic rings. The topological polar surface area (TPSA) is 55.6 Å². The normalized spacial score (nSPS) is 10.3. The van der Waals surface area contributed by atoms with Gasteiger partial charge < -0.3 is 5.32 Å². The lowest BCUT2D eigenvalue weighted by atomic mass is 10.2. The Bertz CT molecular complexity index is 634. The van der Waals surface area contributed by atoms with Crippen molar-refractivity contribution in [2.24, 2.45) is 0 Å². The fraction of sp³-hybridized carbons (Fsp3) is 0.0714. The number of benzene rings is 1. The van der Waals surface area contributed by atoms with E-state index in [0.29, 0.717) is 12.5 Å². The Hall–Kier alpha value is -2.69. The first-order valence-electron chi connectivity index (χ1n) is 6.02. The highest BCUT2D eigenvalue weighted by molar-refractivity contribution is 5.42. The predicted molar refractivity (Wildman–Crippen MR) is 72.9 cm³/mol. The van der Waals surface area contributed by atoms with Gasteiger partial charge in [0.05, 0.1) is 5.69 Å². The first-order valence-corrected chi connectivity index (χ1v) is 6.02. The van der Waals surface area contributed by atoms with Gasteiger partial charge in [-0.25, -0.2) is 14.6 Å². The molecule has 0 fully saturated rings. The molecule has 0 unspecified atom stereocenters. The van der Waals surface area contributed by atoms with E-state index in [2.05, 4.69) is 26.4 Å². The Morgan fingerprint density at radius 2 is 1.79 bits per heavy atom. The van der Waals surface area contributed by atoms with E-state index >= 15 is 0 Å². The van der Waals surface area contributed by atoms with Crippen molar-refractivity contribution < 1.29 is 0 Å². The number of anilines is 1. The molecule has 0 spiro atoms. The summed E-state index contributed by atoms with van der Waals surface area (Å²) in [5.41, 5.74) is 2.19. The second-order valence-corrected chi connectivity index (χ2v) is 4.01. The lowest BCUT2D eigenvalue weighted by Crippen LogP contribution is -2.07. The van der Waals surface area contributed by atoms with Crippen molar-refractivity contribution in [2.75, 3.05) is 5.32 Å². The molecule has 0 atom stereocenters. The molecule has 5 heteroatoms. The minimum absolute atomic E-state index is 0.623. The van der Waals surface area contributed by atoms with Gasteiger partial charge in [-0.2, -0.15) is 5.10 Å². The third-order valence-electron chi connectivity index (χ3n) is 2.75. The van der Waals surface area contributed by atoms with Crippen LogP contribution in [0.4, 0.5) is 5.95 Å². The van der Waals surface area contributed by atoms with Crippen LogP contribution in [0.1, 0.15) is 5.56 Å². The molecule has 0 aliphatic heterocycles. The SMILES string of the molecule is c1cnc(NCc2ccccc2-n2cccn2)nc1. The molecular formula is C14H13N5. The van der Waals surface area contributed by atoms with E-state index in [4.69, 9.17) is 0 Å². The average molecular weight is 251 g/mol. The van der Waals surface area contributed by atoms with Gasteiger partial charge in [-0.1, -0.05) is 18.2 Å². The molecule has 0 radical (unpaired) electrons. The minimum Gasteiger partial charge on any atom is -0.350 e. The molecule has 0 aliphatic carbocycles. The molecule has 1 aromatic carbocycles. The Balaban J connectivity index is 1.82. The summed E-state index contributed by atoms with van der Waals surface area (Å²) in [6.45, 7) is 0.653. The van der Waals surface area contributed by atoms with Crippen LogP contribution in [0.5, 0.6) is 0 Å². The molecule has 3 rings (SSSR count). The summed E-state index contributed by atoms with van der Waals surface area (Å²) in [6, 6.07) is 11.8. The first-order chi connectivity index (χ1) is 9.43. The van der Waals surface area contributed by atoms with Crippen LogP contribution in [0.2, 0.25) is 0 Å². The van der Waals surface area contributed by atoms with Gasteiger partial charge in [0.2, 0.25) is 5.95 Å². The van der Waals surface area contributed by atoms with Crippen LogP contribution >= 0.6 is 0 Å². The predicted octanol–water partition coefficient (Wildman–Crippen LogP) is 2.27. The van der Waals surface area contributed by atoms with Crippen LogP contribution in [0.15, 0.2) is 61.2 Å². The van der Waals surface area contributed by atoms with E-state index in [0.717, 1.165) is 11.3 Å². The molecule has 2 aromatic heterocycles. The number of hydrogen-bond donors (Lipinski definition) is 1. The van der Waals surface area contributed by atoms with Crippen LogP contribution in [-0.2, 0) is 6.54 Å². The molecule has 1 N–H and O–H groups in total. The second-order valence-electron chi connectivity index (χ2n) is 4.01. The van der Waals surface area contributed by atoms with Crippen LogP contribution in [0.25, 0.3) is 5.69 Å². The molecule has 0 saturated heterocycles. The fourth-order valence-electron chi connectivity index (χ4n) is 1.86. The highest BCUT2D eigenvalue weighted by Crippen LogP contribution is 2.14. The average Bonchev–Trinajstić information content (AvgIpc) is 3.01. The number of aromatic nitrogens is 4. The Labute approximate surface area is 111 Å². The lowest BCUT2D eigenvalue weighted by molar-refractivity contribution is 0.862. The molecule has 3 aromatic rings. The third kappa shape index (κ3) is 2.60. The van der Waals surface area contributed by atoms with Crippen LogP contribution in [0.3, 0.4) is 0 Å². The summed E-state index contributed by atoms with van der Waals surface area (Å²) in [6.07, 6.45) is 7.13. The molecule has 0 amide bonds. The highest BCUT2D eigenvalue weighted by Gasteiger charge is 2.04. The van der Waals surface area contributed by atoms with Crippen LogP contribution < -0.4 is 5.32 Å².